The molecule has 11 heteroatoms. The van der Waals surface area contributed by atoms with E-state index in [4.69, 9.17) is 9.47 Å². The van der Waals surface area contributed by atoms with Gasteiger partial charge in [0.15, 0.2) is 0 Å². The Hall–Kier alpha value is -2.05. The minimum Gasteiger partial charge on any atom is -0.379 e. The fourth-order valence-corrected chi connectivity index (χ4v) is 6.29. The molecule has 0 saturated carbocycles. The first-order chi connectivity index (χ1) is 16.2. The summed E-state index contributed by atoms with van der Waals surface area (Å²) in [5.41, 5.74) is 0.337. The van der Waals surface area contributed by atoms with E-state index in [1.165, 1.54) is 16.4 Å². The Morgan fingerprint density at radius 3 is 2.21 bits per heavy atom. The van der Waals surface area contributed by atoms with Crippen LogP contribution in [0, 0.1) is 0 Å². The van der Waals surface area contributed by atoms with Crippen molar-refractivity contribution in [2.45, 2.75) is 31.0 Å². The molecule has 1 aromatic carbocycles. The maximum atomic E-state index is 13.2. The van der Waals surface area contributed by atoms with Crippen molar-refractivity contribution in [1.29, 1.82) is 0 Å². The third-order valence-electron chi connectivity index (χ3n) is 6.49. The van der Waals surface area contributed by atoms with Crippen LogP contribution >= 0.6 is 0 Å². The first-order valence-electron chi connectivity index (χ1n) is 11.9. The quantitative estimate of drug-likeness (QED) is 0.573. The molecule has 0 aromatic heterocycles. The van der Waals surface area contributed by atoms with Gasteiger partial charge in [0.2, 0.25) is 15.9 Å². The number of carbonyl (C=O) groups excluding carboxylic acids is 2. The van der Waals surface area contributed by atoms with Crippen LogP contribution in [0.3, 0.4) is 0 Å². The molecule has 188 valence electrons. The number of benzene rings is 1. The molecule has 3 aliphatic heterocycles. The number of rotatable bonds is 5. The van der Waals surface area contributed by atoms with E-state index in [2.05, 4.69) is 4.90 Å². The Morgan fingerprint density at radius 2 is 1.56 bits per heavy atom. The van der Waals surface area contributed by atoms with E-state index in [0.29, 0.717) is 51.5 Å². The second-order valence-electron chi connectivity index (χ2n) is 9.17. The monoisotopic (exact) mass is 494 g/mol. The molecule has 0 aliphatic carbocycles. The molecule has 2 unspecified atom stereocenters. The molecule has 34 heavy (non-hydrogen) atoms. The van der Waals surface area contributed by atoms with E-state index >= 15 is 0 Å². The lowest BCUT2D eigenvalue weighted by atomic mass is 10.2. The molecule has 0 bridgehead atoms. The van der Waals surface area contributed by atoms with Gasteiger partial charge in [-0.3, -0.25) is 14.5 Å². The highest BCUT2D eigenvalue weighted by Gasteiger charge is 2.33. The molecule has 0 radical (unpaired) electrons. The van der Waals surface area contributed by atoms with E-state index in [9.17, 15) is 18.0 Å². The number of hydrogen-bond donors (Lipinski definition) is 0. The van der Waals surface area contributed by atoms with Crippen molar-refractivity contribution in [3.8, 4) is 0 Å². The van der Waals surface area contributed by atoms with Gasteiger partial charge in [-0.15, -0.1) is 0 Å². The van der Waals surface area contributed by atoms with E-state index in [0.717, 1.165) is 13.1 Å². The van der Waals surface area contributed by atoms with E-state index in [-0.39, 0.29) is 42.0 Å². The predicted octanol–water partition coefficient (Wildman–Crippen LogP) is 0.101. The van der Waals surface area contributed by atoms with Gasteiger partial charge in [0.25, 0.3) is 5.91 Å². The first-order valence-corrected chi connectivity index (χ1v) is 13.3. The van der Waals surface area contributed by atoms with E-state index in [1.54, 1.807) is 21.9 Å². The normalized spacial score (nSPS) is 25.4. The van der Waals surface area contributed by atoms with Crippen LogP contribution in [0.25, 0.3) is 0 Å². The van der Waals surface area contributed by atoms with Gasteiger partial charge in [0.05, 0.1) is 36.9 Å². The van der Waals surface area contributed by atoms with Gasteiger partial charge >= 0.3 is 0 Å². The number of nitrogens with zero attached hydrogens (tertiary/aromatic N) is 4. The lowest BCUT2D eigenvalue weighted by molar-refractivity contribution is -0.134. The minimum atomic E-state index is -3.73. The van der Waals surface area contributed by atoms with Gasteiger partial charge in [-0.1, -0.05) is 6.07 Å². The largest absolute Gasteiger partial charge is 0.379 e. The number of sulfonamides is 1. The fourth-order valence-electron chi connectivity index (χ4n) is 4.66. The van der Waals surface area contributed by atoms with Crippen LogP contribution in [0.1, 0.15) is 24.2 Å². The number of ether oxygens (including phenoxy) is 2. The maximum absolute atomic E-state index is 13.2. The summed E-state index contributed by atoms with van der Waals surface area (Å²) in [5, 5.41) is 0. The first kappa shape index (κ1) is 25.1. The van der Waals surface area contributed by atoms with Crippen molar-refractivity contribution in [2.75, 3.05) is 72.1 Å². The Balaban J connectivity index is 1.37. The van der Waals surface area contributed by atoms with Crippen LogP contribution in [0.5, 0.6) is 0 Å². The second-order valence-corrected chi connectivity index (χ2v) is 11.1. The van der Waals surface area contributed by atoms with Gasteiger partial charge in [-0.2, -0.15) is 4.31 Å². The number of morpholine rings is 2. The van der Waals surface area contributed by atoms with Crippen molar-refractivity contribution < 1.29 is 27.5 Å². The number of hydrogen-bond acceptors (Lipinski definition) is 7. The summed E-state index contributed by atoms with van der Waals surface area (Å²) in [4.78, 5) is 31.4. The van der Waals surface area contributed by atoms with Crippen molar-refractivity contribution in [1.82, 2.24) is 19.0 Å². The van der Waals surface area contributed by atoms with Gasteiger partial charge in [0, 0.05) is 57.9 Å². The number of piperazine rings is 1. The predicted molar refractivity (Wildman–Crippen MR) is 125 cm³/mol. The third kappa shape index (κ3) is 5.77. The van der Waals surface area contributed by atoms with Crippen molar-refractivity contribution in [3.63, 3.8) is 0 Å². The average Bonchev–Trinajstić information content (AvgIpc) is 2.84. The van der Waals surface area contributed by atoms with Gasteiger partial charge in [-0.25, -0.2) is 8.42 Å². The van der Waals surface area contributed by atoms with Gasteiger partial charge in [0.1, 0.15) is 0 Å². The molecule has 3 saturated heterocycles. The summed E-state index contributed by atoms with van der Waals surface area (Å²) >= 11 is 0. The Morgan fingerprint density at radius 1 is 0.941 bits per heavy atom. The van der Waals surface area contributed by atoms with Gasteiger partial charge < -0.3 is 19.3 Å². The molecule has 3 aliphatic rings. The van der Waals surface area contributed by atoms with Crippen LogP contribution in [0.2, 0.25) is 0 Å². The second kappa shape index (κ2) is 10.7. The lowest BCUT2D eigenvalue weighted by Crippen LogP contribution is -2.53. The SMILES string of the molecule is CC1CN(S(=O)(=O)c2cccc(C(=O)N3CCN(C(=O)CN4CCOCC4)CC3)c2)CC(C)O1. The summed E-state index contributed by atoms with van der Waals surface area (Å²) in [7, 11) is -3.73. The third-order valence-corrected chi connectivity index (χ3v) is 8.31. The molecule has 2 amide bonds. The van der Waals surface area contributed by atoms with E-state index < -0.39 is 10.0 Å². The summed E-state index contributed by atoms with van der Waals surface area (Å²) in [6.45, 7) is 9.22. The Kier molecular flexibility index (Phi) is 7.88. The zero-order valence-electron chi connectivity index (χ0n) is 19.9. The van der Waals surface area contributed by atoms with E-state index in [1.807, 2.05) is 13.8 Å². The van der Waals surface area contributed by atoms with Crippen LogP contribution in [-0.2, 0) is 24.3 Å². The molecule has 10 nitrogen and oxygen atoms in total. The molecular weight excluding hydrogens is 460 g/mol. The minimum absolute atomic E-state index is 0.0658. The van der Waals surface area contributed by atoms with Crippen LogP contribution in [0.4, 0.5) is 0 Å². The number of carbonyl (C=O) groups is 2. The van der Waals surface area contributed by atoms with Crippen LogP contribution < -0.4 is 0 Å². The Labute approximate surface area is 201 Å². The van der Waals surface area contributed by atoms with Crippen LogP contribution in [0.15, 0.2) is 29.2 Å². The average molecular weight is 495 g/mol. The molecule has 0 spiro atoms. The van der Waals surface area contributed by atoms with Crippen molar-refractivity contribution in [3.05, 3.63) is 29.8 Å². The zero-order valence-corrected chi connectivity index (χ0v) is 20.7. The zero-order chi connectivity index (χ0) is 24.3. The molecule has 3 fully saturated rings. The lowest BCUT2D eigenvalue weighted by Gasteiger charge is -2.36. The summed E-state index contributed by atoms with van der Waals surface area (Å²) in [6.07, 6.45) is -0.379. The highest BCUT2D eigenvalue weighted by Crippen LogP contribution is 2.22. The summed E-state index contributed by atoms with van der Waals surface area (Å²) < 4.78 is 38.8. The highest BCUT2D eigenvalue weighted by atomic mass is 32.2. The standard InChI is InChI=1S/C23H34N4O6S/c1-18-15-27(16-19(2)33-18)34(30,31)21-5-3-4-20(14-21)23(29)26-8-6-25(7-9-26)22(28)17-24-10-12-32-13-11-24/h3-5,14,18-19H,6-13,15-17H2,1-2H3. The summed E-state index contributed by atoms with van der Waals surface area (Å²) in [6, 6.07) is 6.23. The fraction of sp³-hybridized carbons (Fsp3) is 0.652. The molecule has 1 aromatic rings. The molecule has 2 atom stereocenters. The molecule has 4 rings (SSSR count). The summed E-state index contributed by atoms with van der Waals surface area (Å²) in [5.74, 6) is -0.155. The number of amides is 2. The topological polar surface area (TPSA) is 99.7 Å². The van der Waals surface area contributed by atoms with Crippen molar-refractivity contribution in [2.24, 2.45) is 0 Å². The molecule has 3 heterocycles. The highest BCUT2D eigenvalue weighted by molar-refractivity contribution is 7.89. The van der Waals surface area contributed by atoms with Gasteiger partial charge in [-0.05, 0) is 32.0 Å². The Bertz CT molecular complexity index is 979. The molecular formula is C23H34N4O6S. The molecule has 0 N–H and O–H groups in total. The van der Waals surface area contributed by atoms with Crippen molar-refractivity contribution >= 4 is 21.8 Å². The smallest absolute Gasteiger partial charge is 0.254 e. The van der Waals surface area contributed by atoms with Crippen LogP contribution in [-0.4, -0.2) is 124 Å². The maximum Gasteiger partial charge on any atom is 0.254 e.